The normalized spacial score (nSPS) is 34.3. The summed E-state index contributed by atoms with van der Waals surface area (Å²) in [5.74, 6) is 1.30. The van der Waals surface area contributed by atoms with E-state index in [4.69, 9.17) is 4.74 Å². The summed E-state index contributed by atoms with van der Waals surface area (Å²) in [4.78, 5) is 16.1. The second-order valence-electron chi connectivity index (χ2n) is 11.5. The Labute approximate surface area is 213 Å². The van der Waals surface area contributed by atoms with Gasteiger partial charge in [-0.1, -0.05) is 12.1 Å². The number of fused-ring (bicyclic) bond motifs is 1. The van der Waals surface area contributed by atoms with Crippen LogP contribution in [0.2, 0.25) is 0 Å². The van der Waals surface area contributed by atoms with Gasteiger partial charge in [0.2, 0.25) is 0 Å². The van der Waals surface area contributed by atoms with Crippen LogP contribution in [0.15, 0.2) is 41.8 Å². The standard InChI is InChI=1S/C29H30N2O4S/c32-21-7-6-17-14-23-29(34)10-8-20(30-27(33)19-2-1-3-22-18(19)9-13-36-22)26-28(29,24(17)25(21)35-26)11-12-31(23)15-16-4-5-16/h1-3,6-7,9,13,16,20,23,26,32,34H,4-5,8,10-12,14-15H2,(H,30,33)/t20-,23-,26+,28+,29-/m1/s1. The number of carbonyl (C=O) groups excluding carboxylic acids is 1. The predicted octanol–water partition coefficient (Wildman–Crippen LogP) is 3.97. The number of nitrogens with one attached hydrogen (secondary N) is 1. The number of benzene rings is 2. The van der Waals surface area contributed by atoms with Crippen molar-refractivity contribution >= 4 is 27.3 Å². The molecule has 0 radical (unpaired) electrons. The molecule has 3 aromatic rings. The first kappa shape index (κ1) is 21.5. The number of likely N-dealkylation sites (tertiary alicyclic amines) is 1. The zero-order chi connectivity index (χ0) is 24.2. The molecule has 5 atom stereocenters. The smallest absolute Gasteiger partial charge is 0.252 e. The van der Waals surface area contributed by atoms with E-state index in [1.165, 1.54) is 18.4 Å². The van der Waals surface area contributed by atoms with E-state index in [2.05, 4.69) is 10.2 Å². The molecule has 186 valence electrons. The number of hydrogen-bond acceptors (Lipinski definition) is 6. The lowest BCUT2D eigenvalue weighted by Gasteiger charge is -2.64. The number of phenolic OH excluding ortho intramolecular Hbond substituents is 1. The van der Waals surface area contributed by atoms with Gasteiger partial charge in [0, 0.05) is 33.8 Å². The summed E-state index contributed by atoms with van der Waals surface area (Å²) in [5, 5.41) is 29.7. The molecule has 3 fully saturated rings. The molecule has 3 heterocycles. The molecule has 5 aliphatic rings. The molecule has 7 heteroatoms. The number of hydrogen-bond donors (Lipinski definition) is 3. The molecule has 36 heavy (non-hydrogen) atoms. The van der Waals surface area contributed by atoms with Gasteiger partial charge in [0.25, 0.3) is 5.91 Å². The van der Waals surface area contributed by atoms with Gasteiger partial charge in [-0.25, -0.2) is 0 Å². The van der Waals surface area contributed by atoms with E-state index < -0.39 is 17.1 Å². The molecule has 1 saturated heterocycles. The molecule has 1 aromatic heterocycles. The van der Waals surface area contributed by atoms with Gasteiger partial charge in [-0.3, -0.25) is 9.69 Å². The molecule has 1 amide bonds. The number of nitrogens with zero attached hydrogens (tertiary/aromatic N) is 1. The first-order chi connectivity index (χ1) is 17.5. The predicted molar refractivity (Wildman–Crippen MR) is 138 cm³/mol. The first-order valence-electron chi connectivity index (χ1n) is 13.2. The highest BCUT2D eigenvalue weighted by atomic mass is 32.1. The van der Waals surface area contributed by atoms with Gasteiger partial charge < -0.3 is 20.3 Å². The monoisotopic (exact) mass is 502 g/mol. The van der Waals surface area contributed by atoms with Crippen LogP contribution in [0.4, 0.5) is 0 Å². The minimum atomic E-state index is -0.939. The molecular formula is C29H30N2O4S. The fourth-order valence-corrected chi connectivity index (χ4v) is 8.88. The van der Waals surface area contributed by atoms with Gasteiger partial charge in [0.05, 0.1) is 17.1 Å². The first-order valence-corrected chi connectivity index (χ1v) is 14.1. The fraction of sp³-hybridized carbons (Fsp3) is 0.483. The van der Waals surface area contributed by atoms with E-state index in [0.29, 0.717) is 24.2 Å². The lowest BCUT2D eigenvalue weighted by Crippen LogP contribution is -2.78. The number of carbonyl (C=O) groups is 1. The molecule has 2 aromatic carbocycles. The number of rotatable bonds is 4. The SMILES string of the molecule is O=C(N[C@@H]1CC[C@@]2(O)[C@H]3Cc4ccc(O)c5c4[C@@]2(CCN3CC2CC2)[C@H]1O5)c1cccc2sccc12. The molecular weight excluding hydrogens is 472 g/mol. The lowest BCUT2D eigenvalue weighted by molar-refractivity contribution is -0.191. The second-order valence-corrected chi connectivity index (χ2v) is 12.5. The van der Waals surface area contributed by atoms with Crippen molar-refractivity contribution in [2.45, 2.75) is 67.7 Å². The zero-order valence-corrected chi connectivity index (χ0v) is 20.9. The third-order valence-corrected chi connectivity index (χ3v) is 10.7. The number of amides is 1. The lowest BCUT2D eigenvalue weighted by atomic mass is 9.48. The Morgan fingerprint density at radius 1 is 1.17 bits per heavy atom. The van der Waals surface area contributed by atoms with Gasteiger partial charge in [-0.15, -0.1) is 11.3 Å². The van der Waals surface area contributed by atoms with Gasteiger partial charge in [0.1, 0.15) is 6.10 Å². The molecule has 0 unspecified atom stereocenters. The molecule has 3 N–H and O–H groups in total. The summed E-state index contributed by atoms with van der Waals surface area (Å²) in [6, 6.07) is 11.4. The van der Waals surface area contributed by atoms with E-state index in [0.717, 1.165) is 47.5 Å². The number of aromatic hydroxyl groups is 1. The van der Waals surface area contributed by atoms with Gasteiger partial charge >= 0.3 is 0 Å². The highest BCUT2D eigenvalue weighted by Gasteiger charge is 2.73. The summed E-state index contributed by atoms with van der Waals surface area (Å²) in [7, 11) is 0. The molecule has 3 aliphatic carbocycles. The van der Waals surface area contributed by atoms with Gasteiger partial charge in [-0.2, -0.15) is 0 Å². The maximum Gasteiger partial charge on any atom is 0.252 e. The van der Waals surface area contributed by atoms with Crippen molar-refractivity contribution in [1.29, 1.82) is 0 Å². The molecule has 6 nitrogen and oxygen atoms in total. The molecule has 2 saturated carbocycles. The average molecular weight is 503 g/mol. The summed E-state index contributed by atoms with van der Waals surface area (Å²) in [6.07, 6.45) is 4.98. The van der Waals surface area contributed by atoms with Crippen molar-refractivity contribution in [2.24, 2.45) is 5.92 Å². The summed E-state index contributed by atoms with van der Waals surface area (Å²) < 4.78 is 7.68. The third-order valence-electron chi connectivity index (χ3n) is 9.82. The Morgan fingerprint density at radius 3 is 2.92 bits per heavy atom. The minimum Gasteiger partial charge on any atom is -0.504 e. The Kier molecular flexibility index (Phi) is 4.32. The van der Waals surface area contributed by atoms with Crippen LogP contribution in [0.5, 0.6) is 11.5 Å². The van der Waals surface area contributed by atoms with E-state index >= 15 is 0 Å². The van der Waals surface area contributed by atoms with E-state index in [1.807, 2.05) is 35.7 Å². The maximum absolute atomic E-state index is 13.6. The van der Waals surface area contributed by atoms with Crippen LogP contribution in [0.3, 0.4) is 0 Å². The van der Waals surface area contributed by atoms with E-state index in [1.54, 1.807) is 17.4 Å². The van der Waals surface area contributed by atoms with Crippen molar-refractivity contribution in [1.82, 2.24) is 10.2 Å². The number of phenols is 1. The quantitative estimate of drug-likeness (QED) is 0.503. The van der Waals surface area contributed by atoms with Crippen molar-refractivity contribution in [3.05, 3.63) is 58.5 Å². The third kappa shape index (κ3) is 2.66. The topological polar surface area (TPSA) is 82.0 Å². The largest absolute Gasteiger partial charge is 0.504 e. The molecule has 2 aliphatic heterocycles. The Hall–Kier alpha value is -2.61. The number of aliphatic hydroxyl groups is 1. The van der Waals surface area contributed by atoms with E-state index in [-0.39, 0.29) is 23.7 Å². The zero-order valence-electron chi connectivity index (χ0n) is 20.1. The van der Waals surface area contributed by atoms with Crippen LogP contribution in [0, 0.1) is 5.92 Å². The van der Waals surface area contributed by atoms with Crippen molar-refractivity contribution in [3.8, 4) is 11.5 Å². The van der Waals surface area contributed by atoms with Crippen LogP contribution < -0.4 is 10.1 Å². The Morgan fingerprint density at radius 2 is 2.06 bits per heavy atom. The van der Waals surface area contributed by atoms with Crippen molar-refractivity contribution in [3.63, 3.8) is 0 Å². The molecule has 1 spiro atoms. The van der Waals surface area contributed by atoms with Crippen LogP contribution in [-0.2, 0) is 11.8 Å². The fourth-order valence-electron chi connectivity index (χ4n) is 8.07. The highest BCUT2D eigenvalue weighted by Crippen LogP contribution is 2.65. The number of piperidine rings is 1. The van der Waals surface area contributed by atoms with Crippen LogP contribution in [0.25, 0.3) is 10.1 Å². The summed E-state index contributed by atoms with van der Waals surface area (Å²) >= 11 is 1.63. The van der Waals surface area contributed by atoms with Crippen molar-refractivity contribution < 1.29 is 19.7 Å². The van der Waals surface area contributed by atoms with E-state index in [9.17, 15) is 15.0 Å². The Balaban J connectivity index is 1.20. The Bertz CT molecular complexity index is 1420. The minimum absolute atomic E-state index is 0.0390. The average Bonchev–Trinajstić information content (AvgIpc) is 3.41. The maximum atomic E-state index is 13.6. The second kappa shape index (κ2) is 7.24. The summed E-state index contributed by atoms with van der Waals surface area (Å²) in [6.45, 7) is 1.96. The summed E-state index contributed by atoms with van der Waals surface area (Å²) in [5.41, 5.74) is 1.29. The van der Waals surface area contributed by atoms with Crippen LogP contribution in [-0.4, -0.2) is 57.9 Å². The molecule has 2 bridgehead atoms. The van der Waals surface area contributed by atoms with Gasteiger partial charge in [-0.05, 0) is 86.2 Å². The molecule has 8 rings (SSSR count). The van der Waals surface area contributed by atoms with Gasteiger partial charge in [0.15, 0.2) is 11.5 Å². The van der Waals surface area contributed by atoms with Crippen LogP contribution >= 0.6 is 11.3 Å². The number of ether oxygens (including phenoxy) is 1. The number of thiophene rings is 1. The van der Waals surface area contributed by atoms with Crippen molar-refractivity contribution in [2.75, 3.05) is 13.1 Å². The van der Waals surface area contributed by atoms with Crippen LogP contribution in [0.1, 0.15) is 53.6 Å². The highest BCUT2D eigenvalue weighted by molar-refractivity contribution is 7.17.